The predicted molar refractivity (Wildman–Crippen MR) is 175 cm³/mol. The van der Waals surface area contributed by atoms with E-state index in [2.05, 4.69) is 0 Å². The number of ether oxygens (including phenoxy) is 7. The van der Waals surface area contributed by atoms with Crippen LogP contribution in [0.3, 0.4) is 0 Å². The molecule has 1 fully saturated rings. The number of hydrogen-bond acceptors (Lipinski definition) is 18. The number of aromatic hydroxyl groups is 3. The number of benzene rings is 2. The molecule has 0 radical (unpaired) electrons. The van der Waals surface area contributed by atoms with Crippen LogP contribution in [0.15, 0.2) is 18.2 Å². The molecule has 0 amide bonds. The standard InChI is InChI=1S/C36H38O18/c1-7-36(47)11-19(53-35-33(52-16(5)40)32(51-15(4)39)31(50-14(3)38)20(54-35)12-49-13(2)37)22-23(26(36)34(46)48-6)30(45)24-25(29(22)44)28(43)21-17(27(24)42)9-8-10-18(21)41/h8-10,19-20,26,31-33,35,41,44-45,47H,7,11-12H2,1-6H3/t19-,20+,26-,31+,32-,33+,35+,36+/m0/s1. The van der Waals surface area contributed by atoms with Crippen molar-refractivity contribution in [3.63, 3.8) is 0 Å². The monoisotopic (exact) mass is 758 g/mol. The summed E-state index contributed by atoms with van der Waals surface area (Å²) < 4.78 is 38.8. The third-order valence-corrected chi connectivity index (χ3v) is 9.47. The highest BCUT2D eigenvalue weighted by molar-refractivity contribution is 6.31. The Balaban J connectivity index is 1.75. The van der Waals surface area contributed by atoms with Gasteiger partial charge in [-0.05, 0) is 12.5 Å². The van der Waals surface area contributed by atoms with Crippen molar-refractivity contribution in [3.8, 4) is 17.2 Å². The van der Waals surface area contributed by atoms with E-state index in [1.54, 1.807) is 0 Å². The molecule has 2 aromatic rings. The molecule has 0 unspecified atom stereocenters. The highest BCUT2D eigenvalue weighted by atomic mass is 16.7. The summed E-state index contributed by atoms with van der Waals surface area (Å²) >= 11 is 0. The quantitative estimate of drug-likeness (QED) is 0.137. The maximum Gasteiger partial charge on any atom is 0.316 e. The van der Waals surface area contributed by atoms with E-state index in [1.807, 2.05) is 0 Å². The molecule has 0 bridgehead atoms. The highest BCUT2D eigenvalue weighted by Crippen LogP contribution is 2.57. The van der Waals surface area contributed by atoms with Gasteiger partial charge in [-0.25, -0.2) is 0 Å². The summed E-state index contributed by atoms with van der Waals surface area (Å²) in [6, 6.07) is 3.63. The van der Waals surface area contributed by atoms with Crippen LogP contribution in [0.2, 0.25) is 0 Å². The Labute approximate surface area is 306 Å². The third kappa shape index (κ3) is 6.94. The van der Waals surface area contributed by atoms with Gasteiger partial charge in [0.15, 0.2) is 30.4 Å². The molecule has 3 aliphatic rings. The molecule has 18 heteroatoms. The number of phenolic OH excluding ortho intramolecular Hbond substituents is 3. The molecule has 8 atom stereocenters. The minimum atomic E-state index is -2.17. The van der Waals surface area contributed by atoms with Gasteiger partial charge < -0.3 is 53.6 Å². The largest absolute Gasteiger partial charge is 0.507 e. The molecule has 1 saturated heterocycles. The first-order valence-corrected chi connectivity index (χ1v) is 16.7. The summed E-state index contributed by atoms with van der Waals surface area (Å²) in [7, 11) is 1.00. The second kappa shape index (κ2) is 15.0. The number of carbonyl (C=O) groups excluding carboxylic acids is 7. The molecule has 290 valence electrons. The van der Waals surface area contributed by atoms with Crippen LogP contribution in [0.1, 0.15) is 102 Å². The number of rotatable bonds is 9. The summed E-state index contributed by atoms with van der Waals surface area (Å²) in [5.41, 5.74) is -5.49. The van der Waals surface area contributed by atoms with Crippen molar-refractivity contribution < 1.29 is 87.1 Å². The van der Waals surface area contributed by atoms with Gasteiger partial charge in [-0.2, -0.15) is 0 Å². The maximum absolute atomic E-state index is 13.9. The maximum atomic E-state index is 13.9. The zero-order valence-corrected chi connectivity index (χ0v) is 29.9. The van der Waals surface area contributed by atoms with Gasteiger partial charge >= 0.3 is 29.8 Å². The molecule has 4 N–H and O–H groups in total. The van der Waals surface area contributed by atoms with E-state index in [9.17, 15) is 54.0 Å². The van der Waals surface area contributed by atoms with Gasteiger partial charge in [-0.15, -0.1) is 0 Å². The number of fused-ring (bicyclic) bond motifs is 3. The lowest BCUT2D eigenvalue weighted by molar-refractivity contribution is -0.321. The van der Waals surface area contributed by atoms with E-state index in [4.69, 9.17) is 33.2 Å². The highest BCUT2D eigenvalue weighted by Gasteiger charge is 2.58. The fourth-order valence-electron chi connectivity index (χ4n) is 7.24. The van der Waals surface area contributed by atoms with Crippen LogP contribution in [0.25, 0.3) is 0 Å². The predicted octanol–water partition coefficient (Wildman–Crippen LogP) is 1.52. The lowest BCUT2D eigenvalue weighted by Gasteiger charge is -2.47. The number of carbonyl (C=O) groups is 7. The first kappa shape index (κ1) is 39.6. The van der Waals surface area contributed by atoms with Crippen LogP contribution >= 0.6 is 0 Å². The SMILES string of the molecule is CC[C@@]1(O)C[C@H](O[C@@H]2O[C@H](COC(C)=O)[C@@H](OC(C)=O)[C@H](OC(C)=O)[C@H]2OC(C)=O)c2c(O)c3c(c(O)c2[C@H]1C(=O)OC)C(=O)c1cccc(O)c1C3=O. The Morgan fingerprint density at radius 1 is 0.796 bits per heavy atom. The molecule has 18 nitrogen and oxygen atoms in total. The molecule has 0 aromatic heterocycles. The van der Waals surface area contributed by atoms with Crippen LogP contribution in [-0.4, -0.2) is 112 Å². The van der Waals surface area contributed by atoms with Crippen molar-refractivity contribution in [2.75, 3.05) is 13.7 Å². The summed E-state index contributed by atoms with van der Waals surface area (Å²) in [4.78, 5) is 90.0. The molecule has 2 aliphatic carbocycles. The van der Waals surface area contributed by atoms with Crippen molar-refractivity contribution in [3.05, 3.63) is 51.6 Å². The molecule has 1 aliphatic heterocycles. The smallest absolute Gasteiger partial charge is 0.316 e. The Morgan fingerprint density at radius 2 is 1.37 bits per heavy atom. The fourth-order valence-corrected chi connectivity index (χ4v) is 7.24. The van der Waals surface area contributed by atoms with Gasteiger partial charge in [-0.1, -0.05) is 19.1 Å². The molecule has 0 spiro atoms. The average Bonchev–Trinajstić information content (AvgIpc) is 3.09. The normalized spacial score (nSPS) is 27.1. The summed E-state index contributed by atoms with van der Waals surface area (Å²) in [5, 5.41) is 46.5. The van der Waals surface area contributed by atoms with Crippen molar-refractivity contribution in [1.82, 2.24) is 0 Å². The molecule has 1 heterocycles. The molecular weight excluding hydrogens is 720 g/mol. The summed E-state index contributed by atoms with van der Waals surface area (Å²) in [6.07, 6.45) is -10.9. The van der Waals surface area contributed by atoms with E-state index < -0.39 is 148 Å². The molecular formula is C36H38O18. The molecule has 2 aromatic carbocycles. The summed E-state index contributed by atoms with van der Waals surface area (Å²) in [6.45, 7) is 4.96. The number of hydrogen-bond donors (Lipinski definition) is 4. The first-order valence-electron chi connectivity index (χ1n) is 16.7. The Hall–Kier alpha value is -5.59. The van der Waals surface area contributed by atoms with Crippen molar-refractivity contribution in [2.45, 2.75) is 95.8 Å². The van der Waals surface area contributed by atoms with Crippen molar-refractivity contribution >= 4 is 41.4 Å². The number of esters is 5. The number of phenols is 3. The van der Waals surface area contributed by atoms with E-state index in [-0.39, 0.29) is 12.0 Å². The Morgan fingerprint density at radius 3 is 1.94 bits per heavy atom. The van der Waals surface area contributed by atoms with Crippen LogP contribution in [-0.2, 0) is 57.1 Å². The average molecular weight is 759 g/mol. The molecule has 54 heavy (non-hydrogen) atoms. The van der Waals surface area contributed by atoms with Gasteiger partial charge in [0, 0.05) is 50.8 Å². The van der Waals surface area contributed by atoms with Crippen LogP contribution in [0.4, 0.5) is 0 Å². The number of ketones is 2. The Kier molecular flexibility index (Phi) is 11.0. The van der Waals surface area contributed by atoms with Gasteiger partial charge in [0.2, 0.25) is 5.78 Å². The van der Waals surface area contributed by atoms with E-state index >= 15 is 0 Å². The van der Waals surface area contributed by atoms with E-state index in [1.165, 1.54) is 19.1 Å². The van der Waals surface area contributed by atoms with Gasteiger partial charge in [0.25, 0.3) is 0 Å². The van der Waals surface area contributed by atoms with Gasteiger partial charge in [0.1, 0.15) is 35.9 Å². The van der Waals surface area contributed by atoms with Crippen molar-refractivity contribution in [1.29, 1.82) is 0 Å². The zero-order valence-electron chi connectivity index (χ0n) is 29.9. The van der Waals surface area contributed by atoms with Gasteiger partial charge in [0.05, 0.1) is 35.5 Å². The topological polar surface area (TPSA) is 265 Å². The number of aliphatic hydroxyl groups is 1. The fraction of sp³-hybridized carbons (Fsp3) is 0.472. The van der Waals surface area contributed by atoms with Crippen LogP contribution < -0.4 is 0 Å². The first-order chi connectivity index (χ1) is 25.4. The molecule has 5 rings (SSSR count). The van der Waals surface area contributed by atoms with Crippen molar-refractivity contribution in [2.24, 2.45) is 0 Å². The van der Waals surface area contributed by atoms with Crippen LogP contribution in [0, 0.1) is 0 Å². The number of methoxy groups -OCH3 is 1. The molecule has 0 saturated carbocycles. The van der Waals surface area contributed by atoms with Gasteiger partial charge in [-0.3, -0.25) is 33.6 Å². The third-order valence-electron chi connectivity index (χ3n) is 9.47. The Bertz CT molecular complexity index is 1930. The zero-order chi connectivity index (χ0) is 40.0. The lowest BCUT2D eigenvalue weighted by Crippen LogP contribution is -2.63. The minimum absolute atomic E-state index is 0.231. The second-order valence-electron chi connectivity index (χ2n) is 12.9. The lowest BCUT2D eigenvalue weighted by atomic mass is 9.66. The second-order valence-corrected chi connectivity index (χ2v) is 12.9. The summed E-state index contributed by atoms with van der Waals surface area (Å²) in [5.74, 6) is -11.1. The van der Waals surface area contributed by atoms with E-state index in [0.717, 1.165) is 40.9 Å². The van der Waals surface area contributed by atoms with Crippen LogP contribution in [0.5, 0.6) is 17.2 Å². The minimum Gasteiger partial charge on any atom is -0.507 e. The van der Waals surface area contributed by atoms with E-state index in [0.29, 0.717) is 0 Å².